The van der Waals surface area contributed by atoms with Crippen LogP contribution in [0.2, 0.25) is 0 Å². The molecule has 5 saturated carbocycles. The fourth-order valence-electron chi connectivity index (χ4n) is 9.54. The van der Waals surface area contributed by atoms with Gasteiger partial charge < -0.3 is 5.11 Å². The number of rotatable bonds is 4. The molecule has 0 spiro atoms. The van der Waals surface area contributed by atoms with Crippen LogP contribution >= 0.6 is 0 Å². The van der Waals surface area contributed by atoms with Crippen molar-refractivity contribution in [2.24, 2.45) is 52.8 Å². The van der Waals surface area contributed by atoms with Crippen LogP contribution in [0, 0.1) is 64.1 Å². The number of Topliss-reactive ketones (excluding diaryl/α,β-unsaturated/α-hetero) is 1. The largest absolute Gasteiger partial charge is 0.390 e. The van der Waals surface area contributed by atoms with Gasteiger partial charge in [0.1, 0.15) is 6.07 Å². The summed E-state index contributed by atoms with van der Waals surface area (Å²) < 4.78 is 1.68. The zero-order valence-corrected chi connectivity index (χ0v) is 20.2. The van der Waals surface area contributed by atoms with Crippen LogP contribution in [0.3, 0.4) is 0 Å². The average molecular weight is 450 g/mol. The molecule has 6 rings (SSSR count). The fraction of sp³-hybridized carbons (Fsp3) is 0.821. The third-order valence-electron chi connectivity index (χ3n) is 11.0. The molecule has 1 aromatic rings. The molecule has 5 heteroatoms. The van der Waals surface area contributed by atoms with E-state index in [0.29, 0.717) is 35.6 Å². The van der Waals surface area contributed by atoms with Crippen LogP contribution in [0.15, 0.2) is 12.4 Å². The topological polar surface area (TPSA) is 78.9 Å². The second-order valence-electron chi connectivity index (χ2n) is 12.9. The summed E-state index contributed by atoms with van der Waals surface area (Å²) in [5.74, 6) is 5.77. The third kappa shape index (κ3) is 3.59. The zero-order chi connectivity index (χ0) is 23.0. The Morgan fingerprint density at radius 1 is 1.09 bits per heavy atom. The molecule has 2 unspecified atom stereocenters. The number of aliphatic hydroxyl groups is 1. The molecule has 1 N–H and O–H groups in total. The lowest BCUT2D eigenvalue weighted by Gasteiger charge is -2.57. The standard InChI is InChI=1S/C28H39N3O2/c1-27(33)9-7-20-19(12-27)5-6-22-21(20)8-10-28(2)24(11-23(26(22)28)18-3-4-18)25(32)16-31-15-17(13-29)14-30-31/h14-15,18-24,26,33H,3-12,16H2,1-2H3/t19-,20+,21?,22-,23+,24-,26?,27-,28-/m1/s1. The summed E-state index contributed by atoms with van der Waals surface area (Å²) in [4.78, 5) is 13.6. The van der Waals surface area contributed by atoms with Gasteiger partial charge in [0.25, 0.3) is 0 Å². The Kier molecular flexibility index (Phi) is 5.07. The maximum Gasteiger partial charge on any atom is 0.157 e. The Morgan fingerprint density at radius 3 is 2.58 bits per heavy atom. The number of nitrogens with zero attached hydrogens (tertiary/aromatic N) is 3. The van der Waals surface area contributed by atoms with Crippen molar-refractivity contribution >= 4 is 5.78 Å². The highest BCUT2D eigenvalue weighted by Gasteiger charge is 2.63. The van der Waals surface area contributed by atoms with Crippen molar-refractivity contribution < 1.29 is 9.90 Å². The molecular weight excluding hydrogens is 410 g/mol. The molecule has 0 amide bonds. The first kappa shape index (κ1) is 21.8. The fourth-order valence-corrected chi connectivity index (χ4v) is 9.54. The number of ketones is 1. The molecule has 5 aliphatic carbocycles. The molecule has 33 heavy (non-hydrogen) atoms. The van der Waals surface area contributed by atoms with E-state index in [2.05, 4.69) is 18.1 Å². The molecule has 5 fully saturated rings. The van der Waals surface area contributed by atoms with Gasteiger partial charge in [0.15, 0.2) is 5.78 Å². The molecule has 178 valence electrons. The molecule has 1 heterocycles. The summed E-state index contributed by atoms with van der Waals surface area (Å²) in [6, 6.07) is 2.12. The third-order valence-corrected chi connectivity index (χ3v) is 11.0. The van der Waals surface area contributed by atoms with E-state index in [1.165, 1.54) is 44.9 Å². The van der Waals surface area contributed by atoms with E-state index in [9.17, 15) is 9.90 Å². The van der Waals surface area contributed by atoms with Gasteiger partial charge >= 0.3 is 0 Å². The average Bonchev–Trinajstić information content (AvgIpc) is 3.43. The van der Waals surface area contributed by atoms with Crippen LogP contribution in [0.25, 0.3) is 0 Å². The lowest BCUT2D eigenvalue weighted by Crippen LogP contribution is -2.52. The first-order chi connectivity index (χ1) is 15.8. The van der Waals surface area contributed by atoms with Crippen molar-refractivity contribution in [1.29, 1.82) is 5.26 Å². The smallest absolute Gasteiger partial charge is 0.157 e. The Hall–Kier alpha value is -1.67. The van der Waals surface area contributed by atoms with Crippen molar-refractivity contribution in [3.8, 4) is 6.07 Å². The maximum atomic E-state index is 13.6. The summed E-state index contributed by atoms with van der Waals surface area (Å²) in [6.07, 6.45) is 15.2. The van der Waals surface area contributed by atoms with Crippen LogP contribution in [0.5, 0.6) is 0 Å². The highest BCUT2D eigenvalue weighted by atomic mass is 16.3. The molecule has 0 bridgehead atoms. The molecule has 9 atom stereocenters. The first-order valence-electron chi connectivity index (χ1n) is 13.5. The molecule has 5 aliphatic rings. The van der Waals surface area contributed by atoms with Gasteiger partial charge in [0.2, 0.25) is 0 Å². The minimum absolute atomic E-state index is 0.115. The minimum Gasteiger partial charge on any atom is -0.390 e. The van der Waals surface area contributed by atoms with Gasteiger partial charge in [-0.1, -0.05) is 6.92 Å². The lowest BCUT2D eigenvalue weighted by molar-refractivity contribution is -0.134. The Balaban J connectivity index is 1.25. The second kappa shape index (κ2) is 7.67. The number of aromatic nitrogens is 2. The number of hydrogen-bond donors (Lipinski definition) is 1. The maximum absolute atomic E-state index is 13.6. The van der Waals surface area contributed by atoms with Gasteiger partial charge in [0, 0.05) is 12.1 Å². The van der Waals surface area contributed by atoms with E-state index >= 15 is 0 Å². The number of carbonyl (C=O) groups excluding carboxylic acids is 1. The zero-order valence-electron chi connectivity index (χ0n) is 20.2. The number of fused-ring (bicyclic) bond motifs is 5. The van der Waals surface area contributed by atoms with Gasteiger partial charge in [-0.15, -0.1) is 0 Å². The van der Waals surface area contributed by atoms with Crippen molar-refractivity contribution in [3.63, 3.8) is 0 Å². The van der Waals surface area contributed by atoms with Crippen LogP contribution in [0.4, 0.5) is 0 Å². The van der Waals surface area contributed by atoms with Crippen LogP contribution in [-0.4, -0.2) is 26.3 Å². The molecular formula is C28H39N3O2. The summed E-state index contributed by atoms with van der Waals surface area (Å²) >= 11 is 0. The molecule has 0 aromatic carbocycles. The Bertz CT molecular complexity index is 972. The van der Waals surface area contributed by atoms with Gasteiger partial charge in [-0.05, 0) is 118 Å². The summed E-state index contributed by atoms with van der Waals surface area (Å²) in [6.45, 7) is 4.81. The minimum atomic E-state index is -0.462. The lowest BCUT2D eigenvalue weighted by atomic mass is 9.48. The van der Waals surface area contributed by atoms with E-state index in [1.54, 1.807) is 17.1 Å². The van der Waals surface area contributed by atoms with E-state index in [4.69, 9.17) is 5.26 Å². The number of carbonyl (C=O) groups is 1. The van der Waals surface area contributed by atoms with E-state index in [-0.39, 0.29) is 11.3 Å². The summed E-state index contributed by atoms with van der Waals surface area (Å²) in [5.41, 5.74) is 0.179. The predicted octanol–water partition coefficient (Wildman–Crippen LogP) is 4.98. The number of hydrogen-bond acceptors (Lipinski definition) is 4. The quantitative estimate of drug-likeness (QED) is 0.703. The highest BCUT2D eigenvalue weighted by molar-refractivity contribution is 5.82. The van der Waals surface area contributed by atoms with Crippen molar-refractivity contribution in [1.82, 2.24) is 9.78 Å². The molecule has 0 saturated heterocycles. The molecule has 0 radical (unpaired) electrons. The normalized spacial score (nSPS) is 46.7. The Morgan fingerprint density at radius 2 is 1.85 bits per heavy atom. The second-order valence-corrected chi connectivity index (χ2v) is 12.9. The number of nitriles is 1. The van der Waals surface area contributed by atoms with Gasteiger partial charge in [0.05, 0.1) is 23.9 Å². The molecule has 5 nitrogen and oxygen atoms in total. The Labute approximate surface area is 197 Å². The van der Waals surface area contributed by atoms with Crippen molar-refractivity contribution in [2.45, 2.75) is 90.2 Å². The van der Waals surface area contributed by atoms with Crippen LogP contribution in [-0.2, 0) is 11.3 Å². The van der Waals surface area contributed by atoms with Crippen molar-refractivity contribution in [2.75, 3.05) is 0 Å². The SMILES string of the molecule is C[C@@]1(O)CC[C@@H]2C3CC[C@@]4(C)C([C@@H]3CC[C@@H]2C1)[C@H](C1CC1)C[C@@H]4C(=O)Cn1cc(C#N)cn1. The summed E-state index contributed by atoms with van der Waals surface area (Å²) in [5, 5.41) is 24.1. The van der Waals surface area contributed by atoms with Crippen LogP contribution < -0.4 is 0 Å². The highest BCUT2D eigenvalue weighted by Crippen LogP contribution is 2.69. The molecule has 1 aromatic heterocycles. The van der Waals surface area contributed by atoms with Gasteiger partial charge in [-0.3, -0.25) is 9.48 Å². The van der Waals surface area contributed by atoms with E-state index in [1.807, 2.05) is 6.92 Å². The summed E-state index contributed by atoms with van der Waals surface area (Å²) in [7, 11) is 0. The predicted molar refractivity (Wildman–Crippen MR) is 125 cm³/mol. The van der Waals surface area contributed by atoms with Gasteiger partial charge in [-0.2, -0.15) is 10.4 Å². The van der Waals surface area contributed by atoms with Crippen LogP contribution in [0.1, 0.15) is 83.6 Å². The first-order valence-corrected chi connectivity index (χ1v) is 13.5. The monoisotopic (exact) mass is 449 g/mol. The van der Waals surface area contributed by atoms with E-state index in [0.717, 1.165) is 42.9 Å². The van der Waals surface area contributed by atoms with Gasteiger partial charge in [-0.25, -0.2) is 0 Å². The molecule has 0 aliphatic heterocycles. The van der Waals surface area contributed by atoms with E-state index < -0.39 is 5.60 Å². The van der Waals surface area contributed by atoms with Crippen molar-refractivity contribution in [3.05, 3.63) is 18.0 Å².